The normalized spacial score (nSPS) is 19.9. The van der Waals surface area contributed by atoms with Crippen molar-refractivity contribution in [2.75, 3.05) is 26.2 Å². The molecule has 0 saturated carbocycles. The summed E-state index contributed by atoms with van der Waals surface area (Å²) in [5.41, 5.74) is 4.08. The van der Waals surface area contributed by atoms with Crippen LogP contribution in [0.15, 0.2) is 54.6 Å². The second-order valence-electron chi connectivity index (χ2n) is 8.78. The second kappa shape index (κ2) is 9.38. The van der Waals surface area contributed by atoms with E-state index >= 15 is 0 Å². The van der Waals surface area contributed by atoms with Crippen molar-refractivity contribution in [3.05, 3.63) is 71.3 Å². The number of aryl methyl sites for hydroxylation is 1. The predicted octanol–water partition coefficient (Wildman–Crippen LogP) is 4.72. The van der Waals surface area contributed by atoms with Crippen LogP contribution in [0.5, 0.6) is 0 Å². The average Bonchev–Trinajstić information content (AvgIpc) is 3.04. The van der Waals surface area contributed by atoms with Crippen LogP contribution in [0.2, 0.25) is 0 Å². The van der Waals surface area contributed by atoms with E-state index in [1.54, 1.807) is 6.92 Å². The summed E-state index contributed by atoms with van der Waals surface area (Å²) in [5, 5.41) is 0. The van der Waals surface area contributed by atoms with Gasteiger partial charge in [-0.2, -0.15) is 0 Å². The van der Waals surface area contributed by atoms with Crippen molar-refractivity contribution >= 4 is 5.91 Å². The third-order valence-corrected chi connectivity index (χ3v) is 5.72. The van der Waals surface area contributed by atoms with Gasteiger partial charge in [0.15, 0.2) is 0 Å². The Labute approximate surface area is 170 Å². The Bertz CT molecular complexity index is 771. The maximum atomic E-state index is 12.2. The van der Waals surface area contributed by atoms with E-state index in [0.29, 0.717) is 17.8 Å². The zero-order chi connectivity index (χ0) is 20.1. The molecule has 0 N–H and O–H groups in total. The lowest BCUT2D eigenvalue weighted by atomic mass is 9.88. The number of rotatable bonds is 7. The lowest BCUT2D eigenvalue weighted by Crippen LogP contribution is -2.38. The van der Waals surface area contributed by atoms with Gasteiger partial charge in [0.25, 0.3) is 0 Å². The third kappa shape index (κ3) is 5.45. The van der Waals surface area contributed by atoms with Gasteiger partial charge in [0.05, 0.1) is 0 Å². The van der Waals surface area contributed by atoms with Crippen molar-refractivity contribution in [3.8, 4) is 0 Å². The van der Waals surface area contributed by atoms with E-state index in [1.165, 1.54) is 16.7 Å². The molecular weight excluding hydrogens is 344 g/mol. The maximum absolute atomic E-state index is 12.2. The maximum Gasteiger partial charge on any atom is 0.219 e. The van der Waals surface area contributed by atoms with Crippen molar-refractivity contribution in [2.24, 2.45) is 11.8 Å². The first-order chi connectivity index (χ1) is 13.4. The minimum atomic E-state index is 0.192. The van der Waals surface area contributed by atoms with Crippen molar-refractivity contribution in [1.82, 2.24) is 9.80 Å². The van der Waals surface area contributed by atoms with Crippen LogP contribution < -0.4 is 0 Å². The van der Waals surface area contributed by atoms with Gasteiger partial charge in [-0.25, -0.2) is 0 Å². The van der Waals surface area contributed by atoms with Gasteiger partial charge in [0.1, 0.15) is 0 Å². The summed E-state index contributed by atoms with van der Waals surface area (Å²) >= 11 is 0. The molecule has 0 aliphatic carbocycles. The molecule has 1 aliphatic rings. The Morgan fingerprint density at radius 1 is 1.11 bits per heavy atom. The van der Waals surface area contributed by atoms with Gasteiger partial charge >= 0.3 is 0 Å². The third-order valence-electron chi connectivity index (χ3n) is 5.72. The summed E-state index contributed by atoms with van der Waals surface area (Å²) < 4.78 is 0. The molecule has 1 saturated heterocycles. The highest BCUT2D eigenvalue weighted by atomic mass is 16.2. The van der Waals surface area contributed by atoms with Gasteiger partial charge in [-0.15, -0.1) is 0 Å². The summed E-state index contributed by atoms with van der Waals surface area (Å²) in [6.45, 7) is 13.0. The Kier molecular flexibility index (Phi) is 6.90. The number of likely N-dealkylation sites (tertiary alicyclic amines) is 1. The average molecular weight is 379 g/mol. The molecule has 1 aliphatic heterocycles. The van der Waals surface area contributed by atoms with E-state index in [2.05, 4.69) is 85.2 Å². The molecular formula is C25H34N2O. The van der Waals surface area contributed by atoms with Crippen LogP contribution >= 0.6 is 0 Å². The minimum Gasteiger partial charge on any atom is -0.342 e. The molecule has 1 fully saturated rings. The first kappa shape index (κ1) is 20.6. The SMILES string of the molecule is CC(=O)N(CC(C)C)CC1CN(Cc2cccc(C)c2)CC1c1ccccc1. The quantitative estimate of drug-likeness (QED) is 0.696. The van der Waals surface area contributed by atoms with Crippen molar-refractivity contribution in [3.63, 3.8) is 0 Å². The number of carbonyl (C=O) groups excluding carboxylic acids is 1. The van der Waals surface area contributed by atoms with E-state index in [0.717, 1.165) is 32.7 Å². The monoisotopic (exact) mass is 378 g/mol. The summed E-state index contributed by atoms with van der Waals surface area (Å²) in [6, 6.07) is 19.6. The number of amides is 1. The molecule has 28 heavy (non-hydrogen) atoms. The lowest BCUT2D eigenvalue weighted by Gasteiger charge is -2.29. The van der Waals surface area contributed by atoms with Crippen LogP contribution in [0.4, 0.5) is 0 Å². The van der Waals surface area contributed by atoms with Crippen LogP contribution in [-0.2, 0) is 11.3 Å². The molecule has 2 unspecified atom stereocenters. The lowest BCUT2D eigenvalue weighted by molar-refractivity contribution is -0.130. The summed E-state index contributed by atoms with van der Waals surface area (Å²) in [6.07, 6.45) is 0. The Morgan fingerprint density at radius 2 is 1.86 bits per heavy atom. The van der Waals surface area contributed by atoms with Crippen LogP contribution in [0, 0.1) is 18.8 Å². The molecule has 0 bridgehead atoms. The molecule has 2 atom stereocenters. The summed E-state index contributed by atoms with van der Waals surface area (Å²) in [5.74, 6) is 1.62. The highest BCUT2D eigenvalue weighted by molar-refractivity contribution is 5.73. The van der Waals surface area contributed by atoms with E-state index in [4.69, 9.17) is 0 Å². The van der Waals surface area contributed by atoms with E-state index in [-0.39, 0.29) is 5.91 Å². The molecule has 3 nitrogen and oxygen atoms in total. The molecule has 2 aromatic carbocycles. The van der Waals surface area contributed by atoms with Gasteiger partial charge in [0, 0.05) is 45.6 Å². The van der Waals surface area contributed by atoms with Crippen LogP contribution in [0.3, 0.4) is 0 Å². The molecule has 0 radical (unpaired) electrons. The van der Waals surface area contributed by atoms with Crippen molar-refractivity contribution in [2.45, 2.75) is 40.2 Å². The highest BCUT2D eigenvalue weighted by Gasteiger charge is 2.35. The molecule has 1 amide bonds. The molecule has 2 aromatic rings. The highest BCUT2D eigenvalue weighted by Crippen LogP contribution is 2.34. The Balaban J connectivity index is 1.77. The van der Waals surface area contributed by atoms with Crippen LogP contribution in [0.1, 0.15) is 43.4 Å². The summed E-state index contributed by atoms with van der Waals surface area (Å²) in [4.78, 5) is 16.8. The Hall–Kier alpha value is -2.13. The number of nitrogens with zero attached hydrogens (tertiary/aromatic N) is 2. The van der Waals surface area contributed by atoms with E-state index in [9.17, 15) is 4.79 Å². The van der Waals surface area contributed by atoms with Gasteiger partial charge < -0.3 is 4.90 Å². The molecule has 0 spiro atoms. The van der Waals surface area contributed by atoms with Gasteiger partial charge in [0.2, 0.25) is 5.91 Å². The topological polar surface area (TPSA) is 23.6 Å². The number of hydrogen-bond acceptors (Lipinski definition) is 2. The fourth-order valence-electron chi connectivity index (χ4n) is 4.48. The Morgan fingerprint density at radius 3 is 2.50 bits per heavy atom. The van der Waals surface area contributed by atoms with Crippen LogP contribution in [-0.4, -0.2) is 41.9 Å². The number of benzene rings is 2. The minimum absolute atomic E-state index is 0.192. The molecule has 3 heteroatoms. The van der Waals surface area contributed by atoms with Crippen molar-refractivity contribution < 1.29 is 4.79 Å². The molecule has 0 aromatic heterocycles. The second-order valence-corrected chi connectivity index (χ2v) is 8.78. The molecule has 150 valence electrons. The fraction of sp³-hybridized carbons (Fsp3) is 0.480. The standard InChI is InChI=1S/C25H34N2O/c1-19(2)14-27(21(4)28)17-24-16-26(15-22-10-8-9-20(3)13-22)18-25(24)23-11-6-5-7-12-23/h5-13,19,24-25H,14-18H2,1-4H3. The zero-order valence-corrected chi connectivity index (χ0v) is 17.8. The number of hydrogen-bond donors (Lipinski definition) is 0. The van der Waals surface area contributed by atoms with E-state index < -0.39 is 0 Å². The molecule has 3 rings (SSSR count). The van der Waals surface area contributed by atoms with Crippen molar-refractivity contribution in [1.29, 1.82) is 0 Å². The summed E-state index contributed by atoms with van der Waals surface area (Å²) in [7, 11) is 0. The zero-order valence-electron chi connectivity index (χ0n) is 17.8. The first-order valence-electron chi connectivity index (χ1n) is 10.5. The first-order valence-corrected chi connectivity index (χ1v) is 10.5. The smallest absolute Gasteiger partial charge is 0.219 e. The predicted molar refractivity (Wildman–Crippen MR) is 116 cm³/mol. The fourth-order valence-corrected chi connectivity index (χ4v) is 4.48. The van der Waals surface area contributed by atoms with E-state index in [1.807, 2.05) is 0 Å². The molecule has 1 heterocycles. The van der Waals surface area contributed by atoms with Gasteiger partial charge in [-0.3, -0.25) is 9.69 Å². The van der Waals surface area contributed by atoms with Gasteiger partial charge in [-0.1, -0.05) is 74.0 Å². The van der Waals surface area contributed by atoms with Gasteiger partial charge in [-0.05, 0) is 29.9 Å². The largest absolute Gasteiger partial charge is 0.342 e. The number of carbonyl (C=O) groups is 1. The van der Waals surface area contributed by atoms with Crippen LogP contribution in [0.25, 0.3) is 0 Å².